The van der Waals surface area contributed by atoms with Gasteiger partial charge in [0, 0.05) is 12.6 Å². The number of aryl methyl sites for hydroxylation is 1. The molecular formula is C11H10BrN3O2. The number of carboxylic acids is 1. The summed E-state index contributed by atoms with van der Waals surface area (Å²) in [7, 11) is 0. The number of halogens is 1. The molecule has 5 nitrogen and oxygen atoms in total. The second-order valence-corrected chi connectivity index (χ2v) is 4.27. The van der Waals surface area contributed by atoms with Crippen LogP contribution in [0.15, 0.2) is 28.9 Å². The van der Waals surface area contributed by atoms with Gasteiger partial charge < -0.3 is 5.11 Å². The number of aromatic amines is 1. The molecule has 17 heavy (non-hydrogen) atoms. The van der Waals surface area contributed by atoms with Gasteiger partial charge in [0.05, 0.1) is 22.3 Å². The molecule has 0 unspecified atom stereocenters. The number of carbonyl (C=O) groups is 1. The van der Waals surface area contributed by atoms with E-state index in [1.807, 2.05) is 18.2 Å². The highest BCUT2D eigenvalue weighted by Crippen LogP contribution is 2.27. The number of pyridine rings is 1. The van der Waals surface area contributed by atoms with Crippen LogP contribution in [0.5, 0.6) is 0 Å². The highest BCUT2D eigenvalue weighted by molar-refractivity contribution is 9.10. The largest absolute Gasteiger partial charge is 0.481 e. The van der Waals surface area contributed by atoms with E-state index in [-0.39, 0.29) is 6.42 Å². The maximum absolute atomic E-state index is 10.5. The Hall–Kier alpha value is -1.69. The van der Waals surface area contributed by atoms with Crippen LogP contribution in [0.1, 0.15) is 12.1 Å². The lowest BCUT2D eigenvalue weighted by atomic mass is 10.2. The number of aliphatic carboxylic acids is 1. The van der Waals surface area contributed by atoms with E-state index < -0.39 is 5.97 Å². The minimum atomic E-state index is -0.828. The Bertz CT molecular complexity index is 525. The molecule has 2 heterocycles. The van der Waals surface area contributed by atoms with Crippen molar-refractivity contribution in [2.24, 2.45) is 0 Å². The molecule has 0 aliphatic heterocycles. The first kappa shape index (κ1) is 11.8. The fourth-order valence-corrected chi connectivity index (χ4v) is 2.01. The van der Waals surface area contributed by atoms with Gasteiger partial charge in [0.15, 0.2) is 0 Å². The molecular weight excluding hydrogens is 286 g/mol. The third-order valence-electron chi connectivity index (χ3n) is 2.27. The van der Waals surface area contributed by atoms with Crippen molar-refractivity contribution in [1.29, 1.82) is 0 Å². The maximum atomic E-state index is 10.5. The summed E-state index contributed by atoms with van der Waals surface area (Å²) in [6.07, 6.45) is 2.17. The highest BCUT2D eigenvalue weighted by atomic mass is 79.9. The Labute approximate surface area is 106 Å². The SMILES string of the molecule is O=C(O)CCc1[nH]nc(-c2ccccn2)c1Br. The number of nitrogens with one attached hydrogen (secondary N) is 1. The Balaban J connectivity index is 2.24. The summed E-state index contributed by atoms with van der Waals surface area (Å²) in [5.41, 5.74) is 2.22. The van der Waals surface area contributed by atoms with Gasteiger partial charge in [0.1, 0.15) is 5.69 Å². The lowest BCUT2D eigenvalue weighted by Crippen LogP contribution is -1.98. The Morgan fingerprint density at radius 3 is 2.94 bits per heavy atom. The first-order valence-electron chi connectivity index (χ1n) is 5.04. The number of rotatable bonds is 4. The van der Waals surface area contributed by atoms with Gasteiger partial charge in [-0.1, -0.05) is 6.07 Å². The van der Waals surface area contributed by atoms with E-state index in [4.69, 9.17) is 5.11 Å². The minimum Gasteiger partial charge on any atom is -0.481 e. The number of carboxylic acid groups (broad SMARTS) is 1. The van der Waals surface area contributed by atoms with Crippen molar-refractivity contribution < 1.29 is 9.90 Å². The minimum absolute atomic E-state index is 0.0719. The topological polar surface area (TPSA) is 78.9 Å². The van der Waals surface area contributed by atoms with Crippen LogP contribution in [0.3, 0.4) is 0 Å². The van der Waals surface area contributed by atoms with Crippen molar-refractivity contribution >= 4 is 21.9 Å². The highest BCUT2D eigenvalue weighted by Gasteiger charge is 2.13. The lowest BCUT2D eigenvalue weighted by molar-refractivity contribution is -0.136. The van der Waals surface area contributed by atoms with Crippen LogP contribution in [-0.2, 0) is 11.2 Å². The molecule has 88 valence electrons. The summed E-state index contributed by atoms with van der Waals surface area (Å²) in [6.45, 7) is 0. The van der Waals surface area contributed by atoms with Crippen LogP contribution in [0.4, 0.5) is 0 Å². The van der Waals surface area contributed by atoms with Gasteiger partial charge in [-0.05, 0) is 28.1 Å². The molecule has 0 aliphatic carbocycles. The summed E-state index contributed by atoms with van der Waals surface area (Å²) >= 11 is 3.41. The molecule has 0 saturated heterocycles. The van der Waals surface area contributed by atoms with Gasteiger partial charge in [0.25, 0.3) is 0 Å². The second-order valence-electron chi connectivity index (χ2n) is 3.47. The summed E-state index contributed by atoms with van der Waals surface area (Å²) in [5.74, 6) is -0.828. The molecule has 2 aromatic heterocycles. The van der Waals surface area contributed by atoms with Gasteiger partial charge in [-0.3, -0.25) is 14.9 Å². The number of H-pyrrole nitrogens is 1. The van der Waals surface area contributed by atoms with Crippen molar-refractivity contribution in [3.63, 3.8) is 0 Å². The predicted molar refractivity (Wildman–Crippen MR) is 65.5 cm³/mol. The summed E-state index contributed by atoms with van der Waals surface area (Å²) in [5, 5.41) is 15.6. The number of hydrogen-bond acceptors (Lipinski definition) is 3. The number of nitrogens with zero attached hydrogens (tertiary/aromatic N) is 2. The van der Waals surface area contributed by atoms with Crippen molar-refractivity contribution in [1.82, 2.24) is 15.2 Å². The van der Waals surface area contributed by atoms with Crippen molar-refractivity contribution in [2.45, 2.75) is 12.8 Å². The quantitative estimate of drug-likeness (QED) is 0.907. The summed E-state index contributed by atoms with van der Waals surface area (Å²) in [6, 6.07) is 5.55. The number of hydrogen-bond donors (Lipinski definition) is 2. The molecule has 0 bridgehead atoms. The maximum Gasteiger partial charge on any atom is 0.303 e. The molecule has 0 spiro atoms. The van der Waals surface area contributed by atoms with E-state index in [1.165, 1.54) is 0 Å². The zero-order valence-corrected chi connectivity index (χ0v) is 10.4. The average molecular weight is 296 g/mol. The van der Waals surface area contributed by atoms with Gasteiger partial charge >= 0.3 is 5.97 Å². The third-order valence-corrected chi connectivity index (χ3v) is 3.13. The van der Waals surface area contributed by atoms with Crippen LogP contribution < -0.4 is 0 Å². The van der Waals surface area contributed by atoms with E-state index in [0.29, 0.717) is 12.1 Å². The van der Waals surface area contributed by atoms with Crippen molar-refractivity contribution in [2.75, 3.05) is 0 Å². The molecule has 0 atom stereocenters. The Morgan fingerprint density at radius 1 is 1.47 bits per heavy atom. The second kappa shape index (κ2) is 5.09. The molecule has 0 aliphatic rings. The van der Waals surface area contributed by atoms with E-state index in [1.54, 1.807) is 6.20 Å². The van der Waals surface area contributed by atoms with Gasteiger partial charge in [0.2, 0.25) is 0 Å². The van der Waals surface area contributed by atoms with Crippen LogP contribution in [0.25, 0.3) is 11.4 Å². The molecule has 0 saturated carbocycles. The van der Waals surface area contributed by atoms with Crippen LogP contribution in [-0.4, -0.2) is 26.3 Å². The van der Waals surface area contributed by atoms with Crippen LogP contribution in [0, 0.1) is 0 Å². The van der Waals surface area contributed by atoms with Gasteiger partial charge in [-0.25, -0.2) is 0 Å². The molecule has 6 heteroatoms. The third kappa shape index (κ3) is 2.71. The Kier molecular flexibility index (Phi) is 3.53. The molecule has 2 N–H and O–H groups in total. The fourth-order valence-electron chi connectivity index (χ4n) is 1.43. The monoisotopic (exact) mass is 295 g/mol. The number of aromatic nitrogens is 3. The van der Waals surface area contributed by atoms with Crippen LogP contribution in [0.2, 0.25) is 0 Å². The van der Waals surface area contributed by atoms with E-state index in [0.717, 1.165) is 15.9 Å². The van der Waals surface area contributed by atoms with E-state index >= 15 is 0 Å². The van der Waals surface area contributed by atoms with Gasteiger partial charge in [-0.2, -0.15) is 5.10 Å². The first-order chi connectivity index (χ1) is 8.18. The first-order valence-corrected chi connectivity index (χ1v) is 5.83. The average Bonchev–Trinajstić information content (AvgIpc) is 2.69. The van der Waals surface area contributed by atoms with Crippen molar-refractivity contribution in [3.05, 3.63) is 34.6 Å². The molecule has 0 amide bonds. The van der Waals surface area contributed by atoms with E-state index in [2.05, 4.69) is 31.1 Å². The standard InChI is InChI=1S/C11H10BrN3O2/c12-10-7(4-5-9(16)17)14-15-11(10)8-3-1-2-6-13-8/h1-3,6H,4-5H2,(H,14,15)(H,16,17). The summed E-state index contributed by atoms with van der Waals surface area (Å²) < 4.78 is 0.775. The molecule has 0 fully saturated rings. The molecule has 0 radical (unpaired) electrons. The molecule has 2 aromatic rings. The predicted octanol–water partition coefficient (Wildman–Crippen LogP) is 2.25. The Morgan fingerprint density at radius 2 is 2.29 bits per heavy atom. The fraction of sp³-hybridized carbons (Fsp3) is 0.182. The van der Waals surface area contributed by atoms with Crippen LogP contribution >= 0.6 is 15.9 Å². The van der Waals surface area contributed by atoms with Crippen molar-refractivity contribution in [3.8, 4) is 11.4 Å². The zero-order valence-electron chi connectivity index (χ0n) is 8.85. The summed E-state index contributed by atoms with van der Waals surface area (Å²) in [4.78, 5) is 14.7. The lowest BCUT2D eigenvalue weighted by Gasteiger charge is -1.97. The van der Waals surface area contributed by atoms with E-state index in [9.17, 15) is 4.79 Å². The van der Waals surface area contributed by atoms with Gasteiger partial charge in [-0.15, -0.1) is 0 Å². The smallest absolute Gasteiger partial charge is 0.303 e. The molecule has 2 rings (SSSR count). The molecule has 0 aromatic carbocycles. The normalized spacial score (nSPS) is 10.4. The zero-order chi connectivity index (χ0) is 12.3.